The minimum atomic E-state index is -0.730. The molecule has 2 nitrogen and oxygen atoms in total. The molecule has 0 aromatic heterocycles. The zero-order valence-electron chi connectivity index (χ0n) is 29.3. The Morgan fingerprint density at radius 1 is 0.711 bits per heavy atom. The second kappa shape index (κ2) is 14.9. The second-order valence-electron chi connectivity index (χ2n) is 14.2. The van der Waals surface area contributed by atoms with E-state index in [0.29, 0.717) is 8.58 Å². The zero-order chi connectivity index (χ0) is 32.8. The average Bonchev–Trinajstić information content (AvgIpc) is 3.01. The number of rotatable bonds is 12. The number of aryl methyl sites for hydroxylation is 1. The van der Waals surface area contributed by atoms with E-state index >= 15 is 0 Å². The maximum Gasteiger partial charge on any atom is 0.188 e. The molecule has 240 valence electrons. The van der Waals surface area contributed by atoms with Gasteiger partial charge in [0.1, 0.15) is 5.75 Å². The first-order valence-corrected chi connectivity index (χ1v) is 18.8. The monoisotopic (exact) mass is 640 g/mol. The highest BCUT2D eigenvalue weighted by molar-refractivity contribution is 7.81. The van der Waals surface area contributed by atoms with Gasteiger partial charge in [0.05, 0.1) is 0 Å². The summed E-state index contributed by atoms with van der Waals surface area (Å²) in [4.78, 5) is 0. The highest BCUT2D eigenvalue weighted by atomic mass is 31.1. The highest BCUT2D eigenvalue weighted by Gasteiger charge is 2.38. The SMILES string of the molecule is CCCC(CC)(Pc1c(C)cccc1P(c1ccccc1)c1ccccc1)c1cc(C(C)(C)C)cc(C(C)(C)C)c1OCOC. The Hall–Kier alpha value is -2.50. The standard InChI is InChI=1S/C41H54O2P2/c1-11-26-41(12-2,35-28-31(39(4,5)6)27-34(40(7,8)9)37(35)43-29-42-10)44-38-30(3)20-19-25-36(38)45(32-21-15-13-16-22-32)33-23-17-14-18-24-33/h13-25,27-28,44H,11-12,26,29H2,1-10H3. The summed E-state index contributed by atoms with van der Waals surface area (Å²) in [5.41, 5.74) is 5.27. The lowest BCUT2D eigenvalue weighted by Crippen LogP contribution is -2.34. The van der Waals surface area contributed by atoms with Crippen LogP contribution in [-0.4, -0.2) is 13.9 Å². The lowest BCUT2D eigenvalue weighted by molar-refractivity contribution is 0.0485. The van der Waals surface area contributed by atoms with Crippen molar-refractivity contribution in [3.63, 3.8) is 0 Å². The van der Waals surface area contributed by atoms with E-state index in [4.69, 9.17) is 9.47 Å². The van der Waals surface area contributed by atoms with Crippen LogP contribution in [0.4, 0.5) is 0 Å². The van der Waals surface area contributed by atoms with Crippen molar-refractivity contribution in [2.45, 2.75) is 97.6 Å². The van der Waals surface area contributed by atoms with E-state index in [1.165, 1.54) is 43.5 Å². The average molecular weight is 641 g/mol. The van der Waals surface area contributed by atoms with Crippen molar-refractivity contribution in [3.8, 4) is 5.75 Å². The van der Waals surface area contributed by atoms with Gasteiger partial charge in [0, 0.05) is 23.4 Å². The fraction of sp³-hybridized carbons (Fsp3) is 0.415. The molecule has 4 heteroatoms. The summed E-state index contributed by atoms with van der Waals surface area (Å²) in [7, 11) is 1.57. The first-order chi connectivity index (χ1) is 21.4. The van der Waals surface area contributed by atoms with E-state index < -0.39 is 7.92 Å². The Balaban J connectivity index is 2.04. The summed E-state index contributed by atoms with van der Waals surface area (Å²) in [5, 5.41) is 5.66. The van der Waals surface area contributed by atoms with Gasteiger partial charge in [-0.1, -0.05) is 161 Å². The van der Waals surface area contributed by atoms with Crippen LogP contribution >= 0.6 is 16.5 Å². The Morgan fingerprint density at radius 3 is 1.78 bits per heavy atom. The number of ether oxygens (including phenoxy) is 2. The summed E-state index contributed by atoms with van der Waals surface area (Å²) < 4.78 is 12.2. The van der Waals surface area contributed by atoms with Gasteiger partial charge in [-0.05, 0) is 70.9 Å². The molecule has 0 N–H and O–H groups in total. The zero-order valence-corrected chi connectivity index (χ0v) is 31.1. The van der Waals surface area contributed by atoms with Crippen molar-refractivity contribution < 1.29 is 9.47 Å². The van der Waals surface area contributed by atoms with Crippen molar-refractivity contribution in [2.75, 3.05) is 13.9 Å². The van der Waals surface area contributed by atoms with E-state index in [-0.39, 0.29) is 22.8 Å². The van der Waals surface area contributed by atoms with E-state index in [1.807, 2.05) is 0 Å². The molecule has 0 aliphatic rings. The van der Waals surface area contributed by atoms with Crippen LogP contribution in [0.15, 0.2) is 91.0 Å². The molecule has 45 heavy (non-hydrogen) atoms. The number of benzene rings is 4. The van der Waals surface area contributed by atoms with Crippen LogP contribution in [0.25, 0.3) is 0 Å². The van der Waals surface area contributed by atoms with E-state index in [9.17, 15) is 0 Å². The third-order valence-corrected chi connectivity index (χ3v) is 13.7. The molecule has 2 atom stereocenters. The van der Waals surface area contributed by atoms with Crippen molar-refractivity contribution in [2.24, 2.45) is 0 Å². The quantitative estimate of drug-likeness (QED) is 0.113. The molecule has 0 bridgehead atoms. The summed E-state index contributed by atoms with van der Waals surface area (Å²) in [6.07, 6.45) is 3.22. The summed E-state index contributed by atoms with van der Waals surface area (Å²) in [6, 6.07) is 34.1. The molecule has 0 heterocycles. The van der Waals surface area contributed by atoms with Crippen molar-refractivity contribution >= 4 is 37.7 Å². The first-order valence-electron chi connectivity index (χ1n) is 16.5. The Bertz CT molecular complexity index is 1490. The van der Waals surface area contributed by atoms with Crippen LogP contribution < -0.4 is 26.0 Å². The third-order valence-electron chi connectivity index (χ3n) is 8.76. The Kier molecular flexibility index (Phi) is 11.7. The second-order valence-corrected chi connectivity index (χ2v) is 18.1. The van der Waals surface area contributed by atoms with Crippen molar-refractivity contribution in [3.05, 3.63) is 113 Å². The number of hydrogen-bond donors (Lipinski definition) is 0. The molecular weight excluding hydrogens is 586 g/mol. The molecule has 0 saturated heterocycles. The maximum atomic E-state index is 6.64. The normalized spacial score (nSPS) is 13.8. The fourth-order valence-electron chi connectivity index (χ4n) is 6.22. The lowest BCUT2D eigenvalue weighted by atomic mass is 9.76. The molecule has 4 rings (SSSR count). The van der Waals surface area contributed by atoms with E-state index in [0.717, 1.165) is 25.0 Å². The molecule has 0 spiro atoms. The van der Waals surface area contributed by atoms with Crippen molar-refractivity contribution in [1.29, 1.82) is 0 Å². The molecule has 0 aliphatic heterocycles. The van der Waals surface area contributed by atoms with Crippen LogP contribution in [0.2, 0.25) is 0 Å². The molecule has 4 aromatic carbocycles. The van der Waals surface area contributed by atoms with Gasteiger partial charge in [0.15, 0.2) is 6.79 Å². The molecule has 2 unspecified atom stereocenters. The minimum Gasteiger partial charge on any atom is -0.467 e. The topological polar surface area (TPSA) is 18.5 Å². The predicted octanol–water partition coefficient (Wildman–Crippen LogP) is 9.74. The third kappa shape index (κ3) is 8.08. The van der Waals surface area contributed by atoms with Crippen LogP contribution in [0.3, 0.4) is 0 Å². The Labute approximate surface area is 276 Å². The largest absolute Gasteiger partial charge is 0.467 e. The van der Waals surface area contributed by atoms with Crippen molar-refractivity contribution in [1.82, 2.24) is 0 Å². The minimum absolute atomic E-state index is 0.00606. The van der Waals surface area contributed by atoms with Gasteiger partial charge in [-0.2, -0.15) is 0 Å². The fourth-order valence-corrected chi connectivity index (χ4v) is 11.0. The van der Waals surface area contributed by atoms with E-state index in [2.05, 4.69) is 153 Å². The van der Waals surface area contributed by atoms with Gasteiger partial charge in [0.2, 0.25) is 0 Å². The molecule has 0 radical (unpaired) electrons. The van der Waals surface area contributed by atoms with Crippen LogP contribution in [-0.2, 0) is 20.7 Å². The number of methoxy groups -OCH3 is 1. The van der Waals surface area contributed by atoms with Gasteiger partial charge in [-0.3, -0.25) is 0 Å². The molecular formula is C41H54O2P2. The van der Waals surface area contributed by atoms with Gasteiger partial charge in [-0.15, -0.1) is 0 Å². The summed E-state index contributed by atoms with van der Waals surface area (Å²) in [6.45, 7) is 21.2. The van der Waals surface area contributed by atoms with Gasteiger partial charge in [-0.25, -0.2) is 0 Å². The van der Waals surface area contributed by atoms with Gasteiger partial charge < -0.3 is 9.47 Å². The lowest BCUT2D eigenvalue weighted by Gasteiger charge is -2.39. The van der Waals surface area contributed by atoms with E-state index in [1.54, 1.807) is 7.11 Å². The van der Waals surface area contributed by atoms with Gasteiger partial charge >= 0.3 is 0 Å². The van der Waals surface area contributed by atoms with Crippen LogP contribution in [0.5, 0.6) is 5.75 Å². The number of hydrogen-bond acceptors (Lipinski definition) is 2. The first kappa shape index (κ1) is 35.4. The highest BCUT2D eigenvalue weighted by Crippen LogP contribution is 2.54. The van der Waals surface area contributed by atoms with Gasteiger partial charge in [0.25, 0.3) is 0 Å². The maximum absolute atomic E-state index is 6.64. The molecule has 4 aromatic rings. The van der Waals surface area contributed by atoms with Crippen LogP contribution in [0.1, 0.15) is 96.9 Å². The van der Waals surface area contributed by atoms with Crippen LogP contribution in [0, 0.1) is 6.92 Å². The Morgan fingerprint density at radius 2 is 1.29 bits per heavy atom. The molecule has 0 aliphatic carbocycles. The smallest absolute Gasteiger partial charge is 0.188 e. The molecule has 0 fully saturated rings. The molecule has 0 amide bonds. The molecule has 0 saturated carbocycles. The summed E-state index contributed by atoms with van der Waals surface area (Å²) >= 11 is 0. The summed E-state index contributed by atoms with van der Waals surface area (Å²) in [5.74, 6) is 1.02. The predicted molar refractivity (Wildman–Crippen MR) is 201 cm³/mol.